The maximum Gasteiger partial charge on any atom is 0.258 e. The maximum atomic E-state index is 12.0. The van der Waals surface area contributed by atoms with Crippen LogP contribution >= 0.6 is 0 Å². The number of pyridine rings is 1. The molecule has 1 aromatic heterocycles. The smallest absolute Gasteiger partial charge is 0.258 e. The minimum atomic E-state index is -0.481. The highest BCUT2D eigenvalue weighted by atomic mass is 16.5. The quantitative estimate of drug-likeness (QED) is 0.762. The molecule has 1 amide bonds. The number of methoxy groups -OCH3 is 1. The molecule has 1 atom stereocenters. The molecule has 0 bridgehead atoms. The number of ether oxygens (including phenoxy) is 1. The van der Waals surface area contributed by atoms with Crippen LogP contribution in [-0.2, 0) is 0 Å². The summed E-state index contributed by atoms with van der Waals surface area (Å²) in [4.78, 5) is 17.2. The number of carbonyl (C=O) groups is 1. The van der Waals surface area contributed by atoms with E-state index < -0.39 is 6.04 Å². The lowest BCUT2D eigenvalue weighted by atomic mass is 10.2. The molecule has 0 radical (unpaired) electrons. The summed E-state index contributed by atoms with van der Waals surface area (Å²) < 4.78 is 5.04. The van der Waals surface area contributed by atoms with Gasteiger partial charge < -0.3 is 9.64 Å². The van der Waals surface area contributed by atoms with Crippen LogP contribution in [0.2, 0.25) is 0 Å². The number of hydrogen-bond donors (Lipinski definition) is 0. The normalized spacial score (nSPS) is 11.4. The van der Waals surface area contributed by atoms with Gasteiger partial charge in [0, 0.05) is 13.2 Å². The number of rotatable bonds is 3. The number of nitriles is 1. The lowest BCUT2D eigenvalue weighted by Gasteiger charge is -2.20. The van der Waals surface area contributed by atoms with Gasteiger partial charge in [-0.2, -0.15) is 5.26 Å². The van der Waals surface area contributed by atoms with E-state index in [-0.39, 0.29) is 5.91 Å². The highest BCUT2D eigenvalue weighted by Crippen LogP contribution is 2.18. The summed E-state index contributed by atoms with van der Waals surface area (Å²) in [7, 11) is 3.05. The van der Waals surface area contributed by atoms with E-state index in [1.54, 1.807) is 20.0 Å². The molecule has 0 aliphatic heterocycles. The summed E-state index contributed by atoms with van der Waals surface area (Å²) in [5, 5.41) is 8.74. The summed E-state index contributed by atoms with van der Waals surface area (Å²) >= 11 is 0. The number of aromatic nitrogens is 1. The minimum absolute atomic E-state index is 0.256. The van der Waals surface area contributed by atoms with Crippen LogP contribution in [0.4, 0.5) is 0 Å². The van der Waals surface area contributed by atoms with E-state index in [4.69, 9.17) is 10.00 Å². The van der Waals surface area contributed by atoms with Gasteiger partial charge >= 0.3 is 0 Å². The van der Waals surface area contributed by atoms with Crippen LogP contribution in [0, 0.1) is 11.3 Å². The van der Waals surface area contributed by atoms with Gasteiger partial charge in [-0.3, -0.25) is 9.78 Å². The molecule has 0 aliphatic rings. The molecule has 0 fully saturated rings. The molecule has 1 rings (SSSR count). The SMILES string of the molecule is COc1cnccc1C(=O)N(C)C(C)C#N. The third-order valence-corrected chi connectivity index (χ3v) is 2.32. The minimum Gasteiger partial charge on any atom is -0.494 e. The van der Waals surface area contributed by atoms with Crippen molar-refractivity contribution in [1.29, 1.82) is 5.26 Å². The lowest BCUT2D eigenvalue weighted by Crippen LogP contribution is -2.34. The van der Waals surface area contributed by atoms with Crippen molar-refractivity contribution < 1.29 is 9.53 Å². The van der Waals surface area contributed by atoms with Gasteiger partial charge in [-0.1, -0.05) is 0 Å². The Morgan fingerprint density at radius 3 is 2.94 bits per heavy atom. The van der Waals surface area contributed by atoms with Crippen molar-refractivity contribution in [3.63, 3.8) is 0 Å². The van der Waals surface area contributed by atoms with Gasteiger partial charge in [0.15, 0.2) is 0 Å². The molecule has 5 nitrogen and oxygen atoms in total. The number of amides is 1. The number of nitrogens with zero attached hydrogens (tertiary/aromatic N) is 3. The Morgan fingerprint density at radius 1 is 1.69 bits per heavy atom. The molecule has 0 N–H and O–H groups in total. The molecule has 0 saturated heterocycles. The molecule has 0 aliphatic carbocycles. The Kier molecular flexibility index (Phi) is 3.84. The van der Waals surface area contributed by atoms with Crippen molar-refractivity contribution in [2.24, 2.45) is 0 Å². The van der Waals surface area contributed by atoms with Gasteiger partial charge in [0.25, 0.3) is 5.91 Å². The predicted molar refractivity (Wildman–Crippen MR) is 58.0 cm³/mol. The largest absolute Gasteiger partial charge is 0.494 e. The molecule has 84 valence electrons. The van der Waals surface area contributed by atoms with Gasteiger partial charge in [0.05, 0.1) is 24.9 Å². The second kappa shape index (κ2) is 5.12. The van der Waals surface area contributed by atoms with Crippen molar-refractivity contribution in [1.82, 2.24) is 9.88 Å². The standard InChI is InChI=1S/C11H13N3O2/c1-8(6-12)14(2)11(15)9-4-5-13-7-10(9)16-3/h4-5,7-8H,1-3H3. The topological polar surface area (TPSA) is 66.2 Å². The van der Waals surface area contributed by atoms with Crippen LogP contribution in [0.5, 0.6) is 5.75 Å². The first kappa shape index (κ1) is 12.0. The van der Waals surface area contributed by atoms with Crippen LogP contribution in [0.15, 0.2) is 18.5 Å². The Bertz CT molecular complexity index is 425. The third-order valence-electron chi connectivity index (χ3n) is 2.32. The number of carbonyl (C=O) groups excluding carboxylic acids is 1. The number of hydrogen-bond acceptors (Lipinski definition) is 4. The Hall–Kier alpha value is -2.09. The summed E-state index contributed by atoms with van der Waals surface area (Å²) in [6.07, 6.45) is 2.98. The van der Waals surface area contributed by atoms with Crippen molar-refractivity contribution >= 4 is 5.91 Å². The Morgan fingerprint density at radius 2 is 2.38 bits per heavy atom. The average Bonchev–Trinajstić information content (AvgIpc) is 2.35. The van der Waals surface area contributed by atoms with Crippen molar-refractivity contribution in [2.45, 2.75) is 13.0 Å². The van der Waals surface area contributed by atoms with Crippen molar-refractivity contribution in [3.8, 4) is 11.8 Å². The Balaban J connectivity index is 3.01. The van der Waals surface area contributed by atoms with E-state index in [9.17, 15) is 4.79 Å². The van der Waals surface area contributed by atoms with E-state index in [0.29, 0.717) is 11.3 Å². The van der Waals surface area contributed by atoms with Crippen LogP contribution in [-0.4, -0.2) is 36.0 Å². The average molecular weight is 219 g/mol. The maximum absolute atomic E-state index is 12.0. The lowest BCUT2D eigenvalue weighted by molar-refractivity contribution is 0.0769. The molecule has 0 aromatic carbocycles. The molecule has 1 heterocycles. The first-order chi connectivity index (χ1) is 7.61. The van der Waals surface area contributed by atoms with Crippen molar-refractivity contribution in [3.05, 3.63) is 24.0 Å². The van der Waals surface area contributed by atoms with E-state index in [0.717, 1.165) is 0 Å². The van der Waals surface area contributed by atoms with Gasteiger partial charge in [-0.05, 0) is 13.0 Å². The van der Waals surface area contributed by atoms with Crippen LogP contribution in [0.3, 0.4) is 0 Å². The highest BCUT2D eigenvalue weighted by molar-refractivity contribution is 5.96. The monoisotopic (exact) mass is 219 g/mol. The summed E-state index contributed by atoms with van der Waals surface area (Å²) in [5.74, 6) is 0.151. The van der Waals surface area contributed by atoms with Crippen LogP contribution < -0.4 is 4.74 Å². The summed E-state index contributed by atoms with van der Waals surface area (Å²) in [5.41, 5.74) is 0.405. The molecule has 0 saturated carbocycles. The zero-order valence-corrected chi connectivity index (χ0v) is 9.47. The van der Waals surface area contributed by atoms with Gasteiger partial charge in [0.2, 0.25) is 0 Å². The van der Waals surface area contributed by atoms with E-state index in [2.05, 4.69) is 4.98 Å². The molecule has 1 aromatic rings. The van der Waals surface area contributed by atoms with Gasteiger partial charge in [-0.15, -0.1) is 0 Å². The fourth-order valence-corrected chi connectivity index (χ4v) is 1.17. The zero-order valence-electron chi connectivity index (χ0n) is 9.47. The van der Waals surface area contributed by atoms with Gasteiger partial charge in [0.1, 0.15) is 11.8 Å². The van der Waals surface area contributed by atoms with E-state index >= 15 is 0 Å². The second-order valence-electron chi connectivity index (χ2n) is 3.30. The fraction of sp³-hybridized carbons (Fsp3) is 0.364. The van der Waals surface area contributed by atoms with E-state index in [1.807, 2.05) is 6.07 Å². The molecular weight excluding hydrogens is 206 g/mol. The highest BCUT2D eigenvalue weighted by Gasteiger charge is 2.20. The summed E-state index contributed by atoms with van der Waals surface area (Å²) in [6, 6.07) is 3.09. The molecule has 0 spiro atoms. The van der Waals surface area contributed by atoms with Crippen LogP contribution in [0.1, 0.15) is 17.3 Å². The third kappa shape index (κ3) is 2.28. The zero-order chi connectivity index (χ0) is 12.1. The first-order valence-corrected chi connectivity index (χ1v) is 4.76. The summed E-state index contributed by atoms with van der Waals surface area (Å²) in [6.45, 7) is 1.66. The first-order valence-electron chi connectivity index (χ1n) is 4.76. The second-order valence-corrected chi connectivity index (χ2v) is 3.30. The van der Waals surface area contributed by atoms with Crippen LogP contribution in [0.25, 0.3) is 0 Å². The molecule has 1 unspecified atom stereocenters. The van der Waals surface area contributed by atoms with Crippen molar-refractivity contribution in [2.75, 3.05) is 14.2 Å². The molecule has 16 heavy (non-hydrogen) atoms. The van der Waals surface area contributed by atoms with E-state index in [1.165, 1.54) is 24.4 Å². The molecule has 5 heteroatoms. The fourth-order valence-electron chi connectivity index (χ4n) is 1.17. The molecular formula is C11H13N3O2. The predicted octanol–water partition coefficient (Wildman–Crippen LogP) is 1.07. The van der Waals surface area contributed by atoms with Gasteiger partial charge in [-0.25, -0.2) is 0 Å². The Labute approximate surface area is 94.3 Å².